The molecule has 8 nitrogen and oxygen atoms in total. The monoisotopic (exact) mass is 319 g/mol. The molecule has 2 aromatic rings. The van der Waals surface area contributed by atoms with Gasteiger partial charge in [0.1, 0.15) is 5.69 Å². The third-order valence-corrected chi connectivity index (χ3v) is 3.66. The van der Waals surface area contributed by atoms with Crippen molar-refractivity contribution in [2.24, 2.45) is 0 Å². The van der Waals surface area contributed by atoms with Gasteiger partial charge in [-0.15, -0.1) is 5.10 Å². The summed E-state index contributed by atoms with van der Waals surface area (Å²) < 4.78 is 6.91. The molecular formula is C15H21N5O3. The topological polar surface area (TPSA) is 103 Å². The van der Waals surface area contributed by atoms with Crippen LogP contribution in [0, 0.1) is 13.8 Å². The molecule has 124 valence electrons. The van der Waals surface area contributed by atoms with Crippen LogP contribution in [0.15, 0.2) is 0 Å². The number of aromatic amines is 1. The zero-order valence-corrected chi connectivity index (χ0v) is 13.8. The van der Waals surface area contributed by atoms with E-state index in [1.54, 1.807) is 18.5 Å². The largest absolute Gasteiger partial charge is 0.453 e. The molecule has 0 atom stereocenters. The molecule has 2 rings (SSSR count). The summed E-state index contributed by atoms with van der Waals surface area (Å²) >= 11 is 0. The van der Waals surface area contributed by atoms with Crippen molar-refractivity contribution >= 4 is 11.8 Å². The second kappa shape index (κ2) is 7.17. The fraction of sp³-hybridized carbons (Fsp3) is 0.533. The average Bonchev–Trinajstić information content (AvgIpc) is 3.06. The van der Waals surface area contributed by atoms with E-state index in [-0.39, 0.29) is 12.4 Å². The normalized spacial score (nSPS) is 10.8. The highest BCUT2D eigenvalue weighted by Gasteiger charge is 2.21. The molecule has 2 aromatic heterocycles. The molecule has 0 radical (unpaired) electrons. The lowest BCUT2D eigenvalue weighted by molar-refractivity contribution is 0.0449. The highest BCUT2D eigenvalue weighted by Crippen LogP contribution is 2.19. The zero-order valence-electron chi connectivity index (χ0n) is 13.8. The minimum Gasteiger partial charge on any atom is -0.453 e. The Bertz CT molecular complexity index is 717. The Labute approximate surface area is 134 Å². The van der Waals surface area contributed by atoms with Gasteiger partial charge in [0, 0.05) is 17.8 Å². The molecule has 0 aliphatic heterocycles. The Hall–Kier alpha value is -2.51. The lowest BCUT2D eigenvalue weighted by atomic mass is 10.1. The predicted molar refractivity (Wildman–Crippen MR) is 82.1 cm³/mol. The summed E-state index contributed by atoms with van der Waals surface area (Å²) in [5.74, 6) is -0.110. The summed E-state index contributed by atoms with van der Waals surface area (Å²) in [5.41, 5.74) is 2.09. The van der Waals surface area contributed by atoms with Crippen LogP contribution in [-0.2, 0) is 17.9 Å². The first-order chi connectivity index (χ1) is 11.0. The van der Waals surface area contributed by atoms with E-state index >= 15 is 0 Å². The number of rotatable bonds is 7. The van der Waals surface area contributed by atoms with Crippen molar-refractivity contribution in [3.8, 4) is 0 Å². The van der Waals surface area contributed by atoms with Gasteiger partial charge in [-0.25, -0.2) is 9.48 Å². The van der Waals surface area contributed by atoms with Crippen LogP contribution in [0.5, 0.6) is 0 Å². The summed E-state index contributed by atoms with van der Waals surface area (Å²) in [5, 5.41) is 11.3. The van der Waals surface area contributed by atoms with Gasteiger partial charge in [-0.05, 0) is 43.2 Å². The molecule has 0 bridgehead atoms. The molecule has 0 saturated heterocycles. The highest BCUT2D eigenvalue weighted by atomic mass is 16.5. The van der Waals surface area contributed by atoms with Gasteiger partial charge < -0.3 is 9.72 Å². The predicted octanol–water partition coefficient (Wildman–Crippen LogP) is 1.98. The van der Waals surface area contributed by atoms with E-state index in [4.69, 9.17) is 4.74 Å². The molecule has 0 aliphatic rings. The van der Waals surface area contributed by atoms with Crippen LogP contribution in [-0.4, -0.2) is 36.9 Å². The van der Waals surface area contributed by atoms with Crippen molar-refractivity contribution in [1.82, 2.24) is 25.2 Å². The van der Waals surface area contributed by atoms with Gasteiger partial charge in [-0.1, -0.05) is 13.3 Å². The summed E-state index contributed by atoms with van der Waals surface area (Å²) in [6.45, 7) is 7.70. The molecule has 0 aromatic carbocycles. The first-order valence-electron chi connectivity index (χ1n) is 7.58. The summed E-state index contributed by atoms with van der Waals surface area (Å²) in [7, 11) is 0. The van der Waals surface area contributed by atoms with E-state index in [1.165, 1.54) is 6.92 Å². The fourth-order valence-electron chi connectivity index (χ4n) is 2.49. The molecule has 0 unspecified atom stereocenters. The number of tetrazole rings is 1. The minimum atomic E-state index is -0.525. The van der Waals surface area contributed by atoms with E-state index in [2.05, 4.69) is 27.4 Å². The number of ether oxygens (including phenoxy) is 1. The van der Waals surface area contributed by atoms with Crippen LogP contribution in [0.2, 0.25) is 0 Å². The molecule has 1 N–H and O–H groups in total. The number of nitrogens with zero attached hydrogens (tertiary/aromatic N) is 4. The van der Waals surface area contributed by atoms with E-state index in [9.17, 15) is 9.59 Å². The van der Waals surface area contributed by atoms with E-state index in [0.29, 0.717) is 34.9 Å². The number of unbranched alkanes of at least 4 members (excludes halogenated alkanes) is 1. The number of Topliss-reactive ketones (excluding diaryl/α,β-unsaturated/α-hetero) is 1. The summed E-state index contributed by atoms with van der Waals surface area (Å²) in [6.07, 6.45) is 1.97. The van der Waals surface area contributed by atoms with Crippen LogP contribution in [0.3, 0.4) is 0 Å². The quantitative estimate of drug-likeness (QED) is 0.618. The Morgan fingerprint density at radius 1 is 1.30 bits per heavy atom. The Morgan fingerprint density at radius 3 is 2.65 bits per heavy atom. The zero-order chi connectivity index (χ0) is 17.0. The molecule has 0 fully saturated rings. The number of hydrogen-bond donors (Lipinski definition) is 1. The van der Waals surface area contributed by atoms with Gasteiger partial charge in [0.05, 0.1) is 0 Å². The Kier molecular flexibility index (Phi) is 5.25. The van der Waals surface area contributed by atoms with E-state index < -0.39 is 5.97 Å². The number of hydrogen-bond acceptors (Lipinski definition) is 6. The summed E-state index contributed by atoms with van der Waals surface area (Å²) in [4.78, 5) is 26.8. The van der Waals surface area contributed by atoms with Crippen molar-refractivity contribution in [1.29, 1.82) is 0 Å². The second-order valence-corrected chi connectivity index (χ2v) is 5.43. The van der Waals surface area contributed by atoms with Crippen LogP contribution in [0.1, 0.15) is 64.6 Å². The number of carbonyl (C=O) groups is 2. The van der Waals surface area contributed by atoms with E-state index in [1.807, 2.05) is 0 Å². The SMILES string of the molecule is CCCCn1nnnc1COC(=O)c1[nH]c(C)c(C(C)=O)c1C. The smallest absolute Gasteiger partial charge is 0.355 e. The van der Waals surface area contributed by atoms with Crippen LogP contribution < -0.4 is 0 Å². The first kappa shape index (κ1) is 16.9. The van der Waals surface area contributed by atoms with Crippen LogP contribution >= 0.6 is 0 Å². The molecule has 0 aliphatic carbocycles. The van der Waals surface area contributed by atoms with Crippen molar-refractivity contribution < 1.29 is 14.3 Å². The van der Waals surface area contributed by atoms with Gasteiger partial charge in [-0.2, -0.15) is 0 Å². The van der Waals surface area contributed by atoms with Crippen molar-refractivity contribution in [2.45, 2.75) is 53.7 Å². The highest BCUT2D eigenvalue weighted by molar-refractivity contribution is 6.01. The number of ketones is 1. The maximum absolute atomic E-state index is 12.2. The number of H-pyrrole nitrogens is 1. The number of carbonyl (C=O) groups excluding carboxylic acids is 2. The number of nitrogens with one attached hydrogen (secondary N) is 1. The van der Waals surface area contributed by atoms with Crippen molar-refractivity contribution in [3.05, 3.63) is 28.3 Å². The molecule has 23 heavy (non-hydrogen) atoms. The Morgan fingerprint density at radius 2 is 2.04 bits per heavy atom. The van der Waals surface area contributed by atoms with Crippen LogP contribution in [0.4, 0.5) is 0 Å². The minimum absolute atomic E-state index is 0.0114. The van der Waals surface area contributed by atoms with Gasteiger partial charge in [0.15, 0.2) is 18.2 Å². The Balaban J connectivity index is 2.08. The van der Waals surface area contributed by atoms with E-state index in [0.717, 1.165) is 12.8 Å². The second-order valence-electron chi connectivity index (χ2n) is 5.43. The number of aromatic nitrogens is 5. The molecule has 2 heterocycles. The van der Waals surface area contributed by atoms with Gasteiger partial charge in [-0.3, -0.25) is 4.79 Å². The number of esters is 1. The third kappa shape index (κ3) is 3.64. The van der Waals surface area contributed by atoms with Gasteiger partial charge in [0.2, 0.25) is 0 Å². The lowest BCUT2D eigenvalue weighted by Crippen LogP contribution is -2.12. The average molecular weight is 319 g/mol. The maximum Gasteiger partial charge on any atom is 0.355 e. The fourth-order valence-corrected chi connectivity index (χ4v) is 2.49. The van der Waals surface area contributed by atoms with Gasteiger partial charge >= 0.3 is 5.97 Å². The molecule has 0 spiro atoms. The molecular weight excluding hydrogens is 298 g/mol. The lowest BCUT2D eigenvalue weighted by Gasteiger charge is -2.05. The molecule has 0 amide bonds. The van der Waals surface area contributed by atoms with Crippen molar-refractivity contribution in [3.63, 3.8) is 0 Å². The number of aryl methyl sites for hydroxylation is 2. The summed E-state index contributed by atoms with van der Waals surface area (Å²) in [6, 6.07) is 0. The third-order valence-electron chi connectivity index (χ3n) is 3.66. The van der Waals surface area contributed by atoms with Crippen molar-refractivity contribution in [2.75, 3.05) is 0 Å². The first-order valence-corrected chi connectivity index (χ1v) is 7.58. The molecule has 8 heteroatoms. The standard InChI is InChI=1S/C15H21N5O3/c1-5-6-7-20-12(17-18-19-20)8-23-15(22)14-9(2)13(11(4)21)10(3)16-14/h16H,5-8H2,1-4H3. The molecule has 0 saturated carbocycles. The maximum atomic E-state index is 12.2. The van der Waals surface area contributed by atoms with Crippen LogP contribution in [0.25, 0.3) is 0 Å². The van der Waals surface area contributed by atoms with Gasteiger partial charge in [0.25, 0.3) is 0 Å².